The Morgan fingerprint density at radius 1 is 1.54 bits per heavy atom. The molecule has 1 N–H and O–H groups in total. The molecule has 0 saturated carbocycles. The third kappa shape index (κ3) is 1.86. The van der Waals surface area contributed by atoms with Gasteiger partial charge in [-0.15, -0.1) is 0 Å². The zero-order valence-electron chi connectivity index (χ0n) is 7.64. The van der Waals surface area contributed by atoms with Gasteiger partial charge in [-0.3, -0.25) is 9.98 Å². The molecule has 0 bridgehead atoms. The number of aliphatic imine (C=N–C) groups is 2. The van der Waals surface area contributed by atoms with Gasteiger partial charge in [0.05, 0.1) is 0 Å². The van der Waals surface area contributed by atoms with Crippen molar-refractivity contribution in [2.45, 2.75) is 19.5 Å². The highest BCUT2D eigenvalue weighted by Crippen LogP contribution is 2.13. The topological polar surface area (TPSA) is 36.8 Å². The summed E-state index contributed by atoms with van der Waals surface area (Å²) in [7, 11) is 0. The fourth-order valence-electron chi connectivity index (χ4n) is 1.48. The minimum Gasteiger partial charge on any atom is -0.370 e. The highest BCUT2D eigenvalue weighted by molar-refractivity contribution is 6.00. The Morgan fingerprint density at radius 3 is 3.15 bits per heavy atom. The van der Waals surface area contributed by atoms with Crippen molar-refractivity contribution in [3.63, 3.8) is 0 Å². The van der Waals surface area contributed by atoms with E-state index in [0.717, 1.165) is 12.1 Å². The first-order valence-corrected chi connectivity index (χ1v) is 4.55. The third-order valence-electron chi connectivity index (χ3n) is 2.18. The van der Waals surface area contributed by atoms with Gasteiger partial charge in [-0.2, -0.15) is 0 Å². The fourth-order valence-corrected chi connectivity index (χ4v) is 1.48. The second-order valence-corrected chi connectivity index (χ2v) is 3.25. The van der Waals surface area contributed by atoms with Crippen LogP contribution in [0.5, 0.6) is 0 Å². The van der Waals surface area contributed by atoms with Crippen LogP contribution in [0.25, 0.3) is 0 Å². The summed E-state index contributed by atoms with van der Waals surface area (Å²) in [6, 6.07) is 0. The van der Waals surface area contributed by atoms with Crippen molar-refractivity contribution in [3.8, 4) is 0 Å². The molecule has 0 saturated heterocycles. The van der Waals surface area contributed by atoms with Gasteiger partial charge < -0.3 is 5.32 Å². The average Bonchev–Trinajstić information content (AvgIpc) is 2.19. The van der Waals surface area contributed by atoms with Crippen LogP contribution in [0.4, 0.5) is 0 Å². The molecule has 2 atom stereocenters. The predicted octanol–water partition coefficient (Wildman–Crippen LogP) is 1.49. The molecule has 13 heavy (non-hydrogen) atoms. The lowest BCUT2D eigenvalue weighted by Crippen LogP contribution is -2.26. The van der Waals surface area contributed by atoms with Gasteiger partial charge in [0.1, 0.15) is 6.17 Å². The molecule has 3 nitrogen and oxygen atoms in total. The van der Waals surface area contributed by atoms with Crippen LogP contribution in [0.3, 0.4) is 0 Å². The van der Waals surface area contributed by atoms with Crippen molar-refractivity contribution in [1.29, 1.82) is 0 Å². The number of nitrogens with zero attached hydrogens (tertiary/aromatic N) is 2. The van der Waals surface area contributed by atoms with Crippen LogP contribution in [-0.2, 0) is 0 Å². The molecule has 2 rings (SSSR count). The largest absolute Gasteiger partial charge is 0.370 e. The number of hydrogen-bond donors (Lipinski definition) is 1. The number of rotatable bonds is 1. The summed E-state index contributed by atoms with van der Waals surface area (Å²) in [5, 5.41) is 3.13. The zero-order valence-corrected chi connectivity index (χ0v) is 7.64. The van der Waals surface area contributed by atoms with E-state index in [1.807, 2.05) is 31.6 Å². The summed E-state index contributed by atoms with van der Waals surface area (Å²) in [5.41, 5.74) is 1.15. The maximum Gasteiger partial charge on any atom is 0.115 e. The van der Waals surface area contributed by atoms with Crippen molar-refractivity contribution >= 4 is 11.9 Å². The molecule has 68 valence electrons. The molecule has 2 heterocycles. The van der Waals surface area contributed by atoms with Gasteiger partial charge in [-0.05, 0) is 25.6 Å². The third-order valence-corrected chi connectivity index (χ3v) is 2.18. The van der Waals surface area contributed by atoms with E-state index >= 15 is 0 Å². The van der Waals surface area contributed by atoms with Gasteiger partial charge >= 0.3 is 0 Å². The van der Waals surface area contributed by atoms with E-state index in [1.54, 1.807) is 0 Å². The first-order valence-electron chi connectivity index (χ1n) is 4.55. The van der Waals surface area contributed by atoms with Crippen molar-refractivity contribution in [3.05, 3.63) is 24.6 Å². The van der Waals surface area contributed by atoms with Crippen LogP contribution in [-0.4, -0.2) is 18.1 Å². The van der Waals surface area contributed by atoms with Crippen molar-refractivity contribution in [2.75, 3.05) is 0 Å². The zero-order chi connectivity index (χ0) is 9.10. The van der Waals surface area contributed by atoms with E-state index in [9.17, 15) is 0 Å². The highest BCUT2D eigenvalue weighted by atomic mass is 15.1. The minimum atomic E-state index is 0.201. The van der Waals surface area contributed by atoms with Crippen LogP contribution < -0.4 is 5.32 Å². The maximum atomic E-state index is 4.51. The van der Waals surface area contributed by atoms with Crippen molar-refractivity contribution in [1.82, 2.24) is 5.32 Å². The Hall–Kier alpha value is -1.38. The molecule has 0 aromatic carbocycles. The average molecular weight is 175 g/mol. The molecule has 3 heteroatoms. The Bertz CT molecular complexity index is 299. The first kappa shape index (κ1) is 8.23. The Morgan fingerprint density at radius 2 is 2.46 bits per heavy atom. The van der Waals surface area contributed by atoms with Gasteiger partial charge in [0.25, 0.3) is 0 Å². The van der Waals surface area contributed by atoms with Gasteiger partial charge in [-0.1, -0.05) is 6.08 Å². The molecule has 0 spiro atoms. The van der Waals surface area contributed by atoms with Crippen molar-refractivity contribution in [2.24, 2.45) is 15.9 Å². The summed E-state index contributed by atoms with van der Waals surface area (Å²) < 4.78 is 0. The molecule has 1 unspecified atom stereocenters. The van der Waals surface area contributed by atoms with Gasteiger partial charge in [-0.25, -0.2) is 0 Å². The Kier molecular flexibility index (Phi) is 2.25. The summed E-state index contributed by atoms with van der Waals surface area (Å²) in [6.45, 7) is 2.05. The molecule has 2 aliphatic heterocycles. The Labute approximate surface area is 78.0 Å². The van der Waals surface area contributed by atoms with Crippen LogP contribution in [0.1, 0.15) is 13.3 Å². The summed E-state index contributed by atoms with van der Waals surface area (Å²) in [5.74, 6) is 0.415. The van der Waals surface area contributed by atoms with Crippen molar-refractivity contribution < 1.29 is 0 Å². The van der Waals surface area contributed by atoms with Crippen LogP contribution >= 0.6 is 0 Å². The number of hydrogen-bond acceptors (Lipinski definition) is 3. The molecule has 0 aromatic rings. The van der Waals surface area contributed by atoms with Gasteiger partial charge in [0.15, 0.2) is 0 Å². The van der Waals surface area contributed by atoms with E-state index < -0.39 is 0 Å². The van der Waals surface area contributed by atoms with Crippen LogP contribution in [0.15, 0.2) is 34.5 Å². The molecular weight excluding hydrogens is 162 g/mol. The number of nitrogens with one attached hydrogen (secondary N) is 1. The lowest BCUT2D eigenvalue weighted by atomic mass is 9.98. The molecule has 0 aliphatic carbocycles. The first-order chi connectivity index (χ1) is 6.36. The lowest BCUT2D eigenvalue weighted by molar-refractivity contribution is 0.656. The standard InChI is InChI=1S/C10H13N3/c1-8-12-7-4-10(13-8)9-2-5-11-6-3-9/h2,4-9,12H,3H2,1H3/t8?,9-/m0/s1. The molecule has 2 aliphatic rings. The molecule has 0 aromatic heterocycles. The SMILES string of the molecule is CC1N=C([C@H]2C=CN=CC2)C=CN1. The quantitative estimate of drug-likeness (QED) is 0.644. The molecule has 0 amide bonds. The fraction of sp³-hybridized carbons (Fsp3) is 0.400. The summed E-state index contributed by atoms with van der Waals surface area (Å²) >= 11 is 0. The van der Waals surface area contributed by atoms with E-state index in [1.165, 1.54) is 0 Å². The Balaban J connectivity index is 2.12. The maximum absolute atomic E-state index is 4.51. The molecule has 0 radical (unpaired) electrons. The minimum absolute atomic E-state index is 0.201. The summed E-state index contributed by atoms with van der Waals surface area (Å²) in [4.78, 5) is 8.55. The van der Waals surface area contributed by atoms with E-state index in [0.29, 0.717) is 5.92 Å². The molecular formula is C10H13N3. The van der Waals surface area contributed by atoms with E-state index in [4.69, 9.17) is 0 Å². The smallest absolute Gasteiger partial charge is 0.115 e. The number of allylic oxidation sites excluding steroid dienone is 2. The normalized spacial score (nSPS) is 31.3. The van der Waals surface area contributed by atoms with Crippen LogP contribution in [0, 0.1) is 5.92 Å². The van der Waals surface area contributed by atoms with E-state index in [-0.39, 0.29) is 6.17 Å². The van der Waals surface area contributed by atoms with Crippen LogP contribution in [0.2, 0.25) is 0 Å². The lowest BCUT2D eigenvalue weighted by Gasteiger charge is -2.19. The monoisotopic (exact) mass is 175 g/mol. The molecule has 0 fully saturated rings. The second kappa shape index (κ2) is 3.56. The highest BCUT2D eigenvalue weighted by Gasteiger charge is 2.14. The predicted molar refractivity (Wildman–Crippen MR) is 54.9 cm³/mol. The van der Waals surface area contributed by atoms with E-state index in [2.05, 4.69) is 21.4 Å². The second-order valence-electron chi connectivity index (χ2n) is 3.25. The van der Waals surface area contributed by atoms with Gasteiger partial charge in [0, 0.05) is 24.0 Å². The summed E-state index contributed by atoms with van der Waals surface area (Å²) in [6.07, 6.45) is 11.0. The van der Waals surface area contributed by atoms with Gasteiger partial charge in [0.2, 0.25) is 0 Å².